The van der Waals surface area contributed by atoms with Crippen LogP contribution in [0.1, 0.15) is 0 Å². The molecule has 0 unspecified atom stereocenters. The van der Waals surface area contributed by atoms with Crippen molar-refractivity contribution in [3.63, 3.8) is 0 Å². The van der Waals surface area contributed by atoms with Crippen LogP contribution in [-0.2, 0) is 7.05 Å². The van der Waals surface area contributed by atoms with Crippen LogP contribution in [-0.4, -0.2) is 33.4 Å². The highest BCUT2D eigenvalue weighted by Gasteiger charge is 2.09. The van der Waals surface area contributed by atoms with Crippen molar-refractivity contribution in [2.45, 2.75) is 0 Å². The molecule has 0 aliphatic rings. The van der Waals surface area contributed by atoms with Gasteiger partial charge >= 0.3 is 5.69 Å². The van der Waals surface area contributed by atoms with Gasteiger partial charge < -0.3 is 9.47 Å². The van der Waals surface area contributed by atoms with Crippen LogP contribution in [0.4, 0.5) is 4.39 Å². The molecule has 0 fully saturated rings. The monoisotopic (exact) mass is 558 g/mol. The quantitative estimate of drug-likeness (QED) is 0.358. The molecule has 10 heteroatoms. The Labute approximate surface area is 164 Å². The molecule has 3 heterocycles. The summed E-state index contributed by atoms with van der Waals surface area (Å²) >= 11 is 4.15. The number of hydrogen-bond acceptors (Lipinski definition) is 5. The van der Waals surface area contributed by atoms with Gasteiger partial charge in [0.1, 0.15) is 0 Å². The molecule has 0 aliphatic carbocycles. The minimum atomic E-state index is -0.510. The third-order valence-corrected chi connectivity index (χ3v) is 4.10. The summed E-state index contributed by atoms with van der Waals surface area (Å²) in [6.45, 7) is 0. The predicted octanol–water partition coefficient (Wildman–Crippen LogP) is 2.48. The zero-order valence-corrected chi connectivity index (χ0v) is 17.3. The maximum absolute atomic E-state index is 12.4. The highest BCUT2D eigenvalue weighted by Crippen LogP contribution is 2.16. The van der Waals surface area contributed by atoms with E-state index in [1.807, 2.05) is 28.7 Å². The Morgan fingerprint density at radius 2 is 1.75 bits per heavy atom. The molecule has 0 N–H and O–H groups in total. The highest BCUT2D eigenvalue weighted by atomic mass is 127. The summed E-state index contributed by atoms with van der Waals surface area (Å²) in [5.41, 5.74) is 0.398. The Kier molecular flexibility index (Phi) is 6.37. The van der Waals surface area contributed by atoms with Gasteiger partial charge in [0.15, 0.2) is 5.65 Å². The number of halogens is 3. The maximum Gasteiger partial charge on any atom is 0.352 e. The normalized spacial score (nSPS) is 10.2. The summed E-state index contributed by atoms with van der Waals surface area (Å²) < 4.78 is 26.7. The largest absolute Gasteiger partial charge is 0.482 e. The van der Waals surface area contributed by atoms with Crippen LogP contribution in [0.15, 0.2) is 29.1 Å². The minimum Gasteiger partial charge on any atom is -0.482 e. The molecule has 7 nitrogen and oxygen atoms in total. The Bertz CT molecular complexity index is 906. The summed E-state index contributed by atoms with van der Waals surface area (Å²) in [4.78, 5) is 15.1. The van der Waals surface area contributed by atoms with Gasteiger partial charge in [-0.1, -0.05) is 0 Å². The molecule has 0 radical (unpaired) electrons. The molecule has 3 aromatic rings. The second-order valence-corrected chi connectivity index (χ2v) is 6.96. The number of methoxy groups -OCH3 is 2. The molecule has 0 aromatic carbocycles. The molecule has 0 spiro atoms. The van der Waals surface area contributed by atoms with Gasteiger partial charge in [0.25, 0.3) is 0 Å². The average Bonchev–Trinajstić information content (AvgIpc) is 2.80. The Hall–Kier alpha value is -1.44. The zero-order chi connectivity index (χ0) is 17.9. The molecular formula is C14H13FI2N4O3. The number of ether oxygens (including phenoxy) is 2. The van der Waals surface area contributed by atoms with Crippen molar-refractivity contribution in [1.82, 2.24) is 19.2 Å². The number of fused-ring (bicyclic) bond motifs is 1. The highest BCUT2D eigenvalue weighted by molar-refractivity contribution is 14.1. The Balaban J connectivity index is 0.000000185. The standard InChI is InChI=1S/C8H8IN3O2.C6H5FINO/c1-11-8(13)12-6(10-11)3-5(9)4-7(12)14-2;1-10-6-3-4(8)2-5(7)9-6/h3-4H,1-2H3;2-3H,1H3. The minimum absolute atomic E-state index is 0.201. The summed E-state index contributed by atoms with van der Waals surface area (Å²) in [7, 11) is 4.60. The molecule has 128 valence electrons. The molecule has 3 aromatic heterocycles. The maximum atomic E-state index is 12.4. The van der Waals surface area contributed by atoms with E-state index in [1.54, 1.807) is 19.2 Å². The van der Waals surface area contributed by atoms with Crippen molar-refractivity contribution < 1.29 is 13.9 Å². The molecule has 0 saturated heterocycles. The summed E-state index contributed by atoms with van der Waals surface area (Å²) in [5, 5.41) is 4.06. The van der Waals surface area contributed by atoms with Crippen molar-refractivity contribution in [2.75, 3.05) is 14.2 Å². The zero-order valence-electron chi connectivity index (χ0n) is 13.0. The van der Waals surface area contributed by atoms with E-state index >= 15 is 0 Å². The van der Waals surface area contributed by atoms with Crippen LogP contribution in [0, 0.1) is 13.1 Å². The van der Waals surface area contributed by atoms with Gasteiger partial charge in [-0.25, -0.2) is 13.9 Å². The van der Waals surface area contributed by atoms with Gasteiger partial charge in [-0.3, -0.25) is 0 Å². The van der Waals surface area contributed by atoms with Crippen LogP contribution in [0.2, 0.25) is 0 Å². The second kappa shape index (κ2) is 8.09. The van der Waals surface area contributed by atoms with E-state index in [-0.39, 0.29) is 5.69 Å². The third-order valence-electron chi connectivity index (χ3n) is 2.85. The molecule has 0 saturated carbocycles. The van der Waals surface area contributed by atoms with E-state index in [9.17, 15) is 9.18 Å². The number of nitrogens with zero attached hydrogens (tertiary/aromatic N) is 4. The van der Waals surface area contributed by atoms with E-state index in [0.29, 0.717) is 17.4 Å². The molecule has 0 amide bonds. The molecule has 24 heavy (non-hydrogen) atoms. The first kappa shape index (κ1) is 18.9. The molecule has 0 aliphatic heterocycles. The second-order valence-electron chi connectivity index (χ2n) is 4.47. The van der Waals surface area contributed by atoms with Crippen molar-refractivity contribution >= 4 is 50.8 Å². The third kappa shape index (κ3) is 4.34. The van der Waals surface area contributed by atoms with Crippen molar-refractivity contribution in [1.29, 1.82) is 0 Å². The fourth-order valence-electron chi connectivity index (χ4n) is 1.83. The van der Waals surface area contributed by atoms with Gasteiger partial charge in [-0.2, -0.15) is 14.5 Å². The molecule has 0 bridgehead atoms. The Morgan fingerprint density at radius 3 is 2.33 bits per heavy atom. The SMILES string of the molecule is COc1cc(I)cc(F)n1.COc1cc(I)cc2nn(C)c(=O)n12. The first-order chi connectivity index (χ1) is 11.3. The number of aryl methyl sites for hydroxylation is 1. The van der Waals surface area contributed by atoms with E-state index < -0.39 is 5.95 Å². The van der Waals surface area contributed by atoms with Gasteiger partial charge in [0, 0.05) is 32.4 Å². The van der Waals surface area contributed by atoms with E-state index in [4.69, 9.17) is 9.47 Å². The van der Waals surface area contributed by atoms with E-state index in [0.717, 1.165) is 7.14 Å². The topological polar surface area (TPSA) is 70.7 Å². The van der Waals surface area contributed by atoms with Crippen molar-refractivity contribution in [3.8, 4) is 11.8 Å². The van der Waals surface area contributed by atoms with Gasteiger partial charge in [-0.05, 0) is 51.2 Å². The van der Waals surface area contributed by atoms with Crippen LogP contribution < -0.4 is 15.2 Å². The molecule has 3 rings (SSSR count). The van der Waals surface area contributed by atoms with Crippen LogP contribution in [0.3, 0.4) is 0 Å². The molecule has 0 atom stereocenters. The lowest BCUT2D eigenvalue weighted by molar-refractivity contribution is 0.387. The smallest absolute Gasteiger partial charge is 0.352 e. The predicted molar refractivity (Wildman–Crippen MR) is 103 cm³/mol. The van der Waals surface area contributed by atoms with Crippen molar-refractivity contribution in [3.05, 3.63) is 47.8 Å². The van der Waals surface area contributed by atoms with Crippen molar-refractivity contribution in [2.24, 2.45) is 7.05 Å². The van der Waals surface area contributed by atoms with Crippen LogP contribution in [0.5, 0.6) is 11.8 Å². The van der Waals surface area contributed by atoms with Crippen LogP contribution >= 0.6 is 45.2 Å². The lowest BCUT2D eigenvalue weighted by Crippen LogP contribution is -2.18. The fourth-order valence-corrected chi connectivity index (χ4v) is 2.90. The number of rotatable bonds is 2. The van der Waals surface area contributed by atoms with Gasteiger partial charge in [-0.15, -0.1) is 0 Å². The summed E-state index contributed by atoms with van der Waals surface area (Å²) in [6.07, 6.45) is 0. The number of aromatic nitrogens is 4. The van der Waals surface area contributed by atoms with E-state index in [1.165, 1.54) is 29.4 Å². The first-order valence-electron chi connectivity index (χ1n) is 6.52. The van der Waals surface area contributed by atoms with Gasteiger partial charge in [0.2, 0.25) is 17.7 Å². The van der Waals surface area contributed by atoms with Crippen LogP contribution in [0.25, 0.3) is 5.65 Å². The van der Waals surface area contributed by atoms with Gasteiger partial charge in [0.05, 0.1) is 14.2 Å². The lowest BCUT2D eigenvalue weighted by atomic mass is 10.4. The fraction of sp³-hybridized carbons (Fsp3) is 0.214. The average molecular weight is 558 g/mol. The number of pyridine rings is 2. The van der Waals surface area contributed by atoms with E-state index in [2.05, 4.69) is 32.7 Å². The summed E-state index contributed by atoms with van der Waals surface area (Å²) in [5.74, 6) is 0.304. The first-order valence-corrected chi connectivity index (χ1v) is 8.68. The lowest BCUT2D eigenvalue weighted by Gasteiger charge is -2.01. The Morgan fingerprint density at radius 1 is 1.08 bits per heavy atom. The molecular weight excluding hydrogens is 545 g/mol. The number of hydrogen-bond donors (Lipinski definition) is 0. The summed E-state index contributed by atoms with van der Waals surface area (Å²) in [6, 6.07) is 6.60.